The van der Waals surface area contributed by atoms with Gasteiger partial charge in [0, 0.05) is 29.3 Å². The molecule has 0 aromatic carbocycles. The first-order chi connectivity index (χ1) is 15.7. The van der Waals surface area contributed by atoms with Crippen LogP contribution in [-0.4, -0.2) is 39.2 Å². The van der Waals surface area contributed by atoms with Crippen LogP contribution >= 0.6 is 0 Å². The van der Waals surface area contributed by atoms with Crippen LogP contribution in [-0.2, 0) is 14.4 Å². The lowest BCUT2D eigenvalue weighted by Gasteiger charge is -2.46. The molecule has 6 nitrogen and oxygen atoms in total. The molecule has 0 aliphatic carbocycles. The zero-order chi connectivity index (χ0) is 27.5. The van der Waals surface area contributed by atoms with E-state index in [4.69, 9.17) is 5.73 Å². The van der Waals surface area contributed by atoms with Crippen LogP contribution < -0.4 is 11.1 Å². The second-order valence-electron chi connectivity index (χ2n) is 12.7. The summed E-state index contributed by atoms with van der Waals surface area (Å²) in [5.74, 6) is -0.434. The van der Waals surface area contributed by atoms with Gasteiger partial charge in [0.05, 0.1) is 5.54 Å². The van der Waals surface area contributed by atoms with E-state index < -0.39 is 22.0 Å². The average molecular weight is 488 g/mol. The zero-order valence-corrected chi connectivity index (χ0v) is 24.0. The standard InChI is InChI=1S/C29H49N3O3/c1-12-14-16-21(15-13-2)29(11,32-22(33)17-18-23(32)34)20-27(7,8)31-24(35)25(3,4)19-26(5,6)28(9,10)30/h12-16H,17-20,30H2,1-11H3,(H,31,35)/b14-12-,15-13-,21-16+. The van der Waals surface area contributed by atoms with Crippen molar-refractivity contribution in [2.24, 2.45) is 16.6 Å². The topological polar surface area (TPSA) is 92.5 Å². The lowest BCUT2D eigenvalue weighted by Crippen LogP contribution is -2.59. The molecule has 3 N–H and O–H groups in total. The van der Waals surface area contributed by atoms with Crippen LogP contribution in [0.4, 0.5) is 0 Å². The minimum atomic E-state index is -0.921. The number of allylic oxidation sites excluding steroid dienone is 4. The molecule has 0 bridgehead atoms. The predicted molar refractivity (Wildman–Crippen MR) is 144 cm³/mol. The molecular weight excluding hydrogens is 438 g/mol. The fraction of sp³-hybridized carbons (Fsp3) is 0.690. The van der Waals surface area contributed by atoms with Gasteiger partial charge in [0.1, 0.15) is 0 Å². The Kier molecular flexibility index (Phi) is 9.52. The van der Waals surface area contributed by atoms with Crippen molar-refractivity contribution in [1.29, 1.82) is 0 Å². The van der Waals surface area contributed by atoms with E-state index in [1.165, 1.54) is 4.90 Å². The molecule has 1 atom stereocenters. The monoisotopic (exact) mass is 487 g/mol. The van der Waals surface area contributed by atoms with Gasteiger partial charge >= 0.3 is 0 Å². The van der Waals surface area contributed by atoms with Crippen molar-refractivity contribution in [2.75, 3.05) is 0 Å². The highest BCUT2D eigenvalue weighted by Crippen LogP contribution is 2.42. The minimum Gasteiger partial charge on any atom is -0.351 e. The van der Waals surface area contributed by atoms with Crippen LogP contribution in [0, 0.1) is 10.8 Å². The first-order valence-corrected chi connectivity index (χ1v) is 12.7. The summed E-state index contributed by atoms with van der Waals surface area (Å²) in [6.07, 6.45) is 11.0. The molecule has 3 amide bonds. The molecule has 0 aromatic rings. The van der Waals surface area contributed by atoms with Gasteiger partial charge in [-0.1, -0.05) is 58.1 Å². The van der Waals surface area contributed by atoms with Crippen molar-refractivity contribution in [3.05, 3.63) is 36.0 Å². The smallest absolute Gasteiger partial charge is 0.230 e. The van der Waals surface area contributed by atoms with Gasteiger partial charge in [0.2, 0.25) is 17.7 Å². The van der Waals surface area contributed by atoms with Gasteiger partial charge in [0.25, 0.3) is 0 Å². The molecule has 1 fully saturated rings. The maximum atomic E-state index is 13.5. The second kappa shape index (κ2) is 10.8. The van der Waals surface area contributed by atoms with Crippen LogP contribution in [0.25, 0.3) is 0 Å². The molecule has 1 aliphatic rings. The number of amides is 3. The Balaban J connectivity index is 3.38. The predicted octanol–water partition coefficient (Wildman–Crippen LogP) is 5.44. The van der Waals surface area contributed by atoms with E-state index in [1.807, 2.05) is 92.7 Å². The number of carbonyl (C=O) groups excluding carboxylic acids is 3. The van der Waals surface area contributed by atoms with Gasteiger partial charge < -0.3 is 11.1 Å². The lowest BCUT2D eigenvalue weighted by atomic mass is 9.65. The van der Waals surface area contributed by atoms with Crippen molar-refractivity contribution in [3.8, 4) is 0 Å². The Labute approximate surface area is 213 Å². The summed E-state index contributed by atoms with van der Waals surface area (Å²) < 4.78 is 0. The van der Waals surface area contributed by atoms with Gasteiger partial charge in [-0.3, -0.25) is 19.3 Å². The highest BCUT2D eigenvalue weighted by Gasteiger charge is 2.49. The van der Waals surface area contributed by atoms with Crippen LogP contribution in [0.5, 0.6) is 0 Å². The van der Waals surface area contributed by atoms with Gasteiger partial charge in [0.15, 0.2) is 0 Å². The van der Waals surface area contributed by atoms with E-state index >= 15 is 0 Å². The van der Waals surface area contributed by atoms with Crippen LogP contribution in [0.15, 0.2) is 36.0 Å². The third-order valence-electron chi connectivity index (χ3n) is 7.46. The molecule has 1 aliphatic heterocycles. The Morgan fingerprint density at radius 2 is 1.43 bits per heavy atom. The highest BCUT2D eigenvalue weighted by atomic mass is 16.2. The van der Waals surface area contributed by atoms with E-state index in [1.54, 1.807) is 0 Å². The number of likely N-dealkylation sites (tertiary alicyclic amines) is 1. The summed E-state index contributed by atoms with van der Waals surface area (Å²) in [6.45, 7) is 21.7. The summed E-state index contributed by atoms with van der Waals surface area (Å²) in [5, 5.41) is 3.23. The molecule has 1 rings (SSSR count). The van der Waals surface area contributed by atoms with E-state index in [-0.39, 0.29) is 36.0 Å². The number of rotatable bonds is 11. The maximum Gasteiger partial charge on any atom is 0.230 e. The summed E-state index contributed by atoms with van der Waals surface area (Å²) in [6, 6.07) is 0. The van der Waals surface area contributed by atoms with Gasteiger partial charge in [-0.25, -0.2) is 0 Å². The number of carbonyl (C=O) groups is 3. The average Bonchev–Trinajstić information content (AvgIpc) is 3.01. The van der Waals surface area contributed by atoms with Crippen LogP contribution in [0.1, 0.15) is 102 Å². The largest absolute Gasteiger partial charge is 0.351 e. The van der Waals surface area contributed by atoms with Crippen LogP contribution in [0.2, 0.25) is 0 Å². The summed E-state index contributed by atoms with van der Waals surface area (Å²) in [7, 11) is 0. The first-order valence-electron chi connectivity index (χ1n) is 12.7. The Morgan fingerprint density at radius 1 is 0.914 bits per heavy atom. The Bertz CT molecular complexity index is 885. The minimum absolute atomic E-state index is 0.0775. The molecule has 0 radical (unpaired) electrons. The van der Waals surface area contributed by atoms with E-state index in [0.29, 0.717) is 12.8 Å². The Morgan fingerprint density at radius 3 is 1.86 bits per heavy atom. The molecule has 0 saturated carbocycles. The number of hydrogen-bond donors (Lipinski definition) is 2. The van der Waals surface area contributed by atoms with E-state index in [9.17, 15) is 14.4 Å². The van der Waals surface area contributed by atoms with Crippen molar-refractivity contribution in [1.82, 2.24) is 10.2 Å². The molecule has 6 heteroatoms. The van der Waals surface area contributed by atoms with Crippen molar-refractivity contribution in [2.45, 2.75) is 118 Å². The molecule has 35 heavy (non-hydrogen) atoms. The lowest BCUT2D eigenvalue weighted by molar-refractivity contribution is -0.144. The SMILES string of the molecule is C\C=C/C=C(\C=C/C)C(C)(CC(C)(C)NC(=O)C(C)(C)CC(C)(C)C(C)(C)N)N1C(=O)CCC1=O. The van der Waals surface area contributed by atoms with Gasteiger partial charge in [-0.15, -0.1) is 0 Å². The fourth-order valence-corrected chi connectivity index (χ4v) is 5.03. The van der Waals surface area contributed by atoms with Crippen molar-refractivity contribution in [3.63, 3.8) is 0 Å². The van der Waals surface area contributed by atoms with E-state index in [0.717, 1.165) is 5.57 Å². The Hall–Kier alpha value is -2.21. The second-order valence-corrected chi connectivity index (χ2v) is 12.7. The summed E-state index contributed by atoms with van der Waals surface area (Å²) in [4.78, 5) is 40.7. The summed E-state index contributed by atoms with van der Waals surface area (Å²) in [5.41, 5.74) is 4.24. The third kappa shape index (κ3) is 7.39. The van der Waals surface area contributed by atoms with Gasteiger partial charge in [-0.05, 0) is 72.3 Å². The van der Waals surface area contributed by atoms with Crippen molar-refractivity contribution >= 4 is 17.7 Å². The maximum absolute atomic E-state index is 13.5. The number of hydrogen-bond acceptors (Lipinski definition) is 4. The molecule has 1 unspecified atom stereocenters. The molecular formula is C29H49N3O3. The normalized spacial score (nSPS) is 18.6. The third-order valence-corrected chi connectivity index (χ3v) is 7.46. The first kappa shape index (κ1) is 30.8. The quantitative estimate of drug-likeness (QED) is 0.300. The number of nitrogens with one attached hydrogen (secondary N) is 1. The zero-order valence-electron chi connectivity index (χ0n) is 24.0. The molecule has 0 aromatic heterocycles. The number of nitrogens with zero attached hydrogens (tertiary/aromatic N) is 1. The van der Waals surface area contributed by atoms with Gasteiger partial charge in [-0.2, -0.15) is 0 Å². The number of imide groups is 1. The highest BCUT2D eigenvalue weighted by molar-refractivity contribution is 6.03. The molecule has 1 saturated heterocycles. The van der Waals surface area contributed by atoms with Crippen molar-refractivity contribution < 1.29 is 14.4 Å². The molecule has 1 heterocycles. The summed E-state index contributed by atoms with van der Waals surface area (Å²) >= 11 is 0. The molecule has 0 spiro atoms. The number of nitrogens with two attached hydrogens (primary N) is 1. The van der Waals surface area contributed by atoms with E-state index in [2.05, 4.69) is 19.2 Å². The fourth-order valence-electron chi connectivity index (χ4n) is 5.03. The molecule has 198 valence electrons. The van der Waals surface area contributed by atoms with Crippen LogP contribution in [0.3, 0.4) is 0 Å².